The van der Waals surface area contributed by atoms with Crippen molar-refractivity contribution in [1.29, 1.82) is 0 Å². The van der Waals surface area contributed by atoms with E-state index in [0.29, 0.717) is 28.7 Å². The summed E-state index contributed by atoms with van der Waals surface area (Å²) in [5, 5.41) is 0. The lowest BCUT2D eigenvalue weighted by atomic mass is 9.97. The lowest BCUT2D eigenvalue weighted by Gasteiger charge is -2.14. The summed E-state index contributed by atoms with van der Waals surface area (Å²) in [6.45, 7) is 3.83. The summed E-state index contributed by atoms with van der Waals surface area (Å²) in [6.07, 6.45) is 1.20. The van der Waals surface area contributed by atoms with Gasteiger partial charge in [0.05, 0.1) is 11.5 Å². The molecule has 0 heterocycles. The van der Waals surface area contributed by atoms with E-state index in [9.17, 15) is 18.0 Å². The molecule has 2 aromatic carbocycles. The SMILES string of the molecule is CCCCOC(=O)NS(=O)(=O)c1ccccc1-c1cccc(C=O)c1C. The molecule has 0 saturated carbocycles. The van der Waals surface area contributed by atoms with Crippen LogP contribution in [0.1, 0.15) is 35.7 Å². The second-order valence-electron chi connectivity index (χ2n) is 5.73. The summed E-state index contributed by atoms with van der Waals surface area (Å²) in [4.78, 5) is 22.9. The Balaban J connectivity index is 2.40. The monoisotopic (exact) mass is 375 g/mol. The number of rotatable bonds is 7. The molecule has 0 aromatic heterocycles. The number of sulfonamides is 1. The molecule has 0 unspecified atom stereocenters. The lowest BCUT2D eigenvalue weighted by molar-refractivity contribution is 0.112. The average molecular weight is 375 g/mol. The molecule has 0 saturated heterocycles. The van der Waals surface area contributed by atoms with Gasteiger partial charge in [-0.2, -0.15) is 0 Å². The van der Waals surface area contributed by atoms with E-state index in [4.69, 9.17) is 4.74 Å². The van der Waals surface area contributed by atoms with Gasteiger partial charge in [0, 0.05) is 11.1 Å². The van der Waals surface area contributed by atoms with Gasteiger partial charge in [-0.05, 0) is 30.5 Å². The number of aldehydes is 1. The molecule has 138 valence electrons. The third-order valence-electron chi connectivity index (χ3n) is 3.92. The second kappa shape index (κ2) is 8.62. The van der Waals surface area contributed by atoms with E-state index in [0.717, 1.165) is 12.7 Å². The van der Waals surface area contributed by atoms with Crippen molar-refractivity contribution in [1.82, 2.24) is 4.72 Å². The average Bonchev–Trinajstić information content (AvgIpc) is 2.62. The Morgan fingerprint density at radius 1 is 1.12 bits per heavy atom. The molecule has 0 fully saturated rings. The summed E-state index contributed by atoms with van der Waals surface area (Å²) < 4.78 is 32.1. The van der Waals surface area contributed by atoms with E-state index in [1.54, 1.807) is 43.3 Å². The van der Waals surface area contributed by atoms with Crippen molar-refractivity contribution in [2.24, 2.45) is 0 Å². The highest BCUT2D eigenvalue weighted by Gasteiger charge is 2.23. The topological polar surface area (TPSA) is 89.5 Å². The predicted octanol–water partition coefficient (Wildman–Crippen LogP) is 3.69. The van der Waals surface area contributed by atoms with E-state index in [1.807, 2.05) is 11.6 Å². The van der Waals surface area contributed by atoms with Gasteiger partial charge in [-0.15, -0.1) is 0 Å². The quantitative estimate of drug-likeness (QED) is 0.589. The van der Waals surface area contributed by atoms with Crippen LogP contribution in [0.4, 0.5) is 4.79 Å². The molecule has 1 amide bonds. The van der Waals surface area contributed by atoms with Crippen molar-refractivity contribution in [3.05, 3.63) is 53.6 Å². The highest BCUT2D eigenvalue weighted by atomic mass is 32.2. The Morgan fingerprint density at radius 3 is 2.50 bits per heavy atom. The Labute approximate surface area is 153 Å². The van der Waals surface area contributed by atoms with E-state index < -0.39 is 16.1 Å². The number of carbonyl (C=O) groups excluding carboxylic acids is 2. The number of hydrogen-bond donors (Lipinski definition) is 1. The zero-order valence-corrected chi connectivity index (χ0v) is 15.5. The Hall–Kier alpha value is -2.67. The van der Waals surface area contributed by atoms with Crippen molar-refractivity contribution in [2.45, 2.75) is 31.6 Å². The summed E-state index contributed by atoms with van der Waals surface area (Å²) in [6, 6.07) is 11.4. The van der Waals surface area contributed by atoms with Crippen molar-refractivity contribution >= 4 is 22.4 Å². The fourth-order valence-corrected chi connectivity index (χ4v) is 3.61. The first-order chi connectivity index (χ1) is 12.4. The number of hydrogen-bond acceptors (Lipinski definition) is 5. The van der Waals surface area contributed by atoms with Crippen LogP contribution < -0.4 is 4.72 Å². The van der Waals surface area contributed by atoms with E-state index in [2.05, 4.69) is 0 Å². The molecule has 6 nitrogen and oxygen atoms in total. The molecule has 0 aliphatic rings. The minimum atomic E-state index is -4.12. The predicted molar refractivity (Wildman–Crippen MR) is 98.6 cm³/mol. The van der Waals surface area contributed by atoms with E-state index >= 15 is 0 Å². The molecular weight excluding hydrogens is 354 g/mol. The molecule has 0 aliphatic carbocycles. The second-order valence-corrected chi connectivity index (χ2v) is 7.38. The number of nitrogens with one attached hydrogen (secondary N) is 1. The van der Waals surface area contributed by atoms with Crippen LogP contribution in [-0.4, -0.2) is 27.4 Å². The van der Waals surface area contributed by atoms with Gasteiger partial charge < -0.3 is 4.74 Å². The van der Waals surface area contributed by atoms with Crippen LogP contribution in [0, 0.1) is 6.92 Å². The van der Waals surface area contributed by atoms with Gasteiger partial charge in [0.25, 0.3) is 10.0 Å². The van der Waals surface area contributed by atoms with Crippen molar-refractivity contribution in [3.8, 4) is 11.1 Å². The summed E-state index contributed by atoms with van der Waals surface area (Å²) in [5.74, 6) is 0. The normalized spacial score (nSPS) is 11.0. The summed E-state index contributed by atoms with van der Waals surface area (Å²) >= 11 is 0. The molecule has 2 aromatic rings. The standard InChI is InChI=1S/C19H21NO5S/c1-3-4-12-25-19(22)20-26(23,24)18-11-6-5-9-17(18)16-10-7-8-15(13-21)14(16)2/h5-11,13H,3-4,12H2,1-2H3,(H,20,22). The number of benzene rings is 2. The molecule has 1 N–H and O–H groups in total. The van der Waals surface area contributed by atoms with Gasteiger partial charge >= 0.3 is 6.09 Å². The van der Waals surface area contributed by atoms with Crippen LogP contribution in [0.3, 0.4) is 0 Å². The third kappa shape index (κ3) is 4.49. The van der Waals surface area contributed by atoms with Crippen LogP contribution in [0.2, 0.25) is 0 Å². The number of carbonyl (C=O) groups is 2. The van der Waals surface area contributed by atoms with E-state index in [1.165, 1.54) is 6.07 Å². The zero-order chi connectivity index (χ0) is 19.2. The van der Waals surface area contributed by atoms with Crippen LogP contribution in [0.15, 0.2) is 47.4 Å². The van der Waals surface area contributed by atoms with Crippen LogP contribution in [-0.2, 0) is 14.8 Å². The number of amides is 1. The summed E-state index contributed by atoms with van der Waals surface area (Å²) in [5.41, 5.74) is 2.15. The maximum absolute atomic E-state index is 12.7. The molecular formula is C19H21NO5S. The molecule has 0 aliphatic heterocycles. The molecule has 0 radical (unpaired) electrons. The largest absolute Gasteiger partial charge is 0.449 e. The van der Waals surface area contributed by atoms with Gasteiger partial charge in [0.1, 0.15) is 6.29 Å². The minimum absolute atomic E-state index is 0.0569. The Morgan fingerprint density at radius 2 is 1.81 bits per heavy atom. The van der Waals surface area contributed by atoms with Crippen LogP contribution in [0.5, 0.6) is 0 Å². The van der Waals surface area contributed by atoms with Gasteiger partial charge in [0.2, 0.25) is 0 Å². The van der Waals surface area contributed by atoms with Gasteiger partial charge in [-0.3, -0.25) is 4.79 Å². The molecule has 7 heteroatoms. The highest BCUT2D eigenvalue weighted by Crippen LogP contribution is 2.30. The van der Waals surface area contributed by atoms with E-state index in [-0.39, 0.29) is 11.5 Å². The van der Waals surface area contributed by atoms with Crippen molar-refractivity contribution < 1.29 is 22.7 Å². The zero-order valence-electron chi connectivity index (χ0n) is 14.7. The van der Waals surface area contributed by atoms with Gasteiger partial charge in [0.15, 0.2) is 0 Å². The minimum Gasteiger partial charge on any atom is -0.449 e. The summed E-state index contributed by atoms with van der Waals surface area (Å²) in [7, 11) is -4.12. The van der Waals surface area contributed by atoms with Crippen molar-refractivity contribution in [3.63, 3.8) is 0 Å². The van der Waals surface area contributed by atoms with Crippen LogP contribution >= 0.6 is 0 Å². The molecule has 0 atom stereocenters. The molecule has 26 heavy (non-hydrogen) atoms. The first-order valence-electron chi connectivity index (χ1n) is 8.24. The number of ether oxygens (including phenoxy) is 1. The Bertz CT molecular complexity index is 906. The first-order valence-corrected chi connectivity index (χ1v) is 9.72. The maximum Gasteiger partial charge on any atom is 0.421 e. The first kappa shape index (κ1) is 19.7. The third-order valence-corrected chi connectivity index (χ3v) is 5.29. The molecule has 2 rings (SSSR count). The highest BCUT2D eigenvalue weighted by molar-refractivity contribution is 7.90. The number of unbranched alkanes of at least 4 members (excludes halogenated alkanes) is 1. The molecule has 0 spiro atoms. The lowest BCUT2D eigenvalue weighted by Crippen LogP contribution is -2.31. The fraction of sp³-hybridized carbons (Fsp3) is 0.263. The van der Waals surface area contributed by atoms with Gasteiger partial charge in [-0.1, -0.05) is 49.7 Å². The molecule has 0 bridgehead atoms. The van der Waals surface area contributed by atoms with Crippen molar-refractivity contribution in [2.75, 3.05) is 6.61 Å². The maximum atomic E-state index is 12.7. The smallest absolute Gasteiger partial charge is 0.421 e. The fourth-order valence-electron chi connectivity index (χ4n) is 2.50. The van der Waals surface area contributed by atoms with Crippen LogP contribution in [0.25, 0.3) is 11.1 Å². The van der Waals surface area contributed by atoms with Gasteiger partial charge in [-0.25, -0.2) is 17.9 Å². The Kier molecular flexibility index (Phi) is 6.52.